The number of nitrogens with zero attached hydrogens (tertiary/aromatic N) is 1. The Hall–Kier alpha value is -2.39. The second kappa shape index (κ2) is 7.69. The number of rotatable bonds is 6. The minimum absolute atomic E-state index is 0.0161. The molecule has 0 bridgehead atoms. The fourth-order valence-electron chi connectivity index (χ4n) is 2.89. The molecule has 0 aromatic heterocycles. The van der Waals surface area contributed by atoms with Gasteiger partial charge in [-0.2, -0.15) is 0 Å². The van der Waals surface area contributed by atoms with Gasteiger partial charge in [-0.1, -0.05) is 0 Å². The van der Waals surface area contributed by atoms with Crippen molar-refractivity contribution in [3.05, 3.63) is 48.0 Å². The van der Waals surface area contributed by atoms with E-state index in [4.69, 9.17) is 9.47 Å². The van der Waals surface area contributed by atoms with Gasteiger partial charge in [-0.05, 0) is 37.3 Å². The van der Waals surface area contributed by atoms with E-state index in [1.807, 2.05) is 0 Å². The quantitative estimate of drug-likeness (QED) is 0.810. The highest BCUT2D eigenvalue weighted by molar-refractivity contribution is 7.92. The Morgan fingerprint density at radius 2 is 1.96 bits per heavy atom. The van der Waals surface area contributed by atoms with E-state index in [1.54, 1.807) is 6.92 Å². The van der Waals surface area contributed by atoms with Crippen LogP contribution in [-0.4, -0.2) is 41.3 Å². The summed E-state index contributed by atoms with van der Waals surface area (Å²) in [6.45, 7) is 2.38. The number of sulfonamides is 1. The van der Waals surface area contributed by atoms with E-state index < -0.39 is 27.8 Å². The number of nitrogens with one attached hydrogen (secondary N) is 1. The zero-order valence-corrected chi connectivity index (χ0v) is 15.7. The monoisotopic (exact) mass is 398 g/mol. The van der Waals surface area contributed by atoms with Crippen LogP contribution in [-0.2, 0) is 14.8 Å². The van der Waals surface area contributed by atoms with Gasteiger partial charge in [0, 0.05) is 19.7 Å². The average Bonchev–Trinajstić information content (AvgIpc) is 2.63. The Morgan fingerprint density at radius 1 is 1.26 bits per heavy atom. The zero-order chi connectivity index (χ0) is 19.6. The smallest absolute Gasteiger partial charge is 0.264 e. The van der Waals surface area contributed by atoms with E-state index >= 15 is 0 Å². The van der Waals surface area contributed by atoms with Crippen LogP contribution in [0.5, 0.6) is 5.75 Å². The zero-order valence-electron chi connectivity index (χ0n) is 14.9. The summed E-state index contributed by atoms with van der Waals surface area (Å²) in [5, 5.41) is 2.86. The van der Waals surface area contributed by atoms with Gasteiger partial charge in [0.25, 0.3) is 10.0 Å². The Kier molecular flexibility index (Phi) is 5.52. The highest BCUT2D eigenvalue weighted by atomic mass is 32.2. The Balaban J connectivity index is 2.10. The van der Waals surface area contributed by atoms with Crippen molar-refractivity contribution in [3.8, 4) is 5.75 Å². The molecule has 1 atom stereocenters. The summed E-state index contributed by atoms with van der Waals surface area (Å²) in [6.07, 6.45) is -0.609. The number of ether oxygens (including phenoxy) is 2. The summed E-state index contributed by atoms with van der Waals surface area (Å²) in [5.41, 5.74) is 0.383. The molecule has 1 N–H and O–H groups in total. The summed E-state index contributed by atoms with van der Waals surface area (Å²) in [7, 11) is -2.54. The van der Waals surface area contributed by atoms with Gasteiger partial charge in [0.1, 0.15) is 23.5 Å². The first-order valence-corrected chi connectivity index (χ1v) is 9.82. The number of halogens is 2. The van der Waals surface area contributed by atoms with E-state index in [2.05, 4.69) is 5.32 Å². The molecule has 9 heteroatoms. The van der Waals surface area contributed by atoms with E-state index in [-0.39, 0.29) is 35.2 Å². The molecule has 0 saturated heterocycles. The second-order valence-corrected chi connectivity index (χ2v) is 7.88. The van der Waals surface area contributed by atoms with Gasteiger partial charge >= 0.3 is 0 Å². The van der Waals surface area contributed by atoms with Crippen LogP contribution in [0.25, 0.3) is 0 Å². The Morgan fingerprint density at radius 3 is 2.59 bits per heavy atom. The van der Waals surface area contributed by atoms with E-state index in [9.17, 15) is 17.2 Å². The topological polar surface area (TPSA) is 67.9 Å². The van der Waals surface area contributed by atoms with E-state index in [1.165, 1.54) is 25.3 Å². The van der Waals surface area contributed by atoms with Crippen LogP contribution in [0.15, 0.2) is 41.3 Å². The largest absolute Gasteiger partial charge is 0.484 e. The average molecular weight is 398 g/mol. The maximum Gasteiger partial charge on any atom is 0.264 e. The molecule has 0 radical (unpaired) electrons. The Bertz CT molecular complexity index is 920. The minimum Gasteiger partial charge on any atom is -0.484 e. The molecule has 0 aliphatic carbocycles. The molecule has 1 aliphatic rings. The number of anilines is 2. The van der Waals surface area contributed by atoms with Crippen molar-refractivity contribution in [2.24, 2.45) is 0 Å². The van der Waals surface area contributed by atoms with Crippen molar-refractivity contribution in [1.29, 1.82) is 0 Å². The van der Waals surface area contributed by atoms with Crippen LogP contribution in [0, 0.1) is 11.6 Å². The molecule has 0 saturated carbocycles. The third-order valence-corrected chi connectivity index (χ3v) is 5.90. The molecule has 0 amide bonds. The first-order chi connectivity index (χ1) is 12.9. The number of methoxy groups -OCH3 is 1. The summed E-state index contributed by atoms with van der Waals surface area (Å²) in [6, 6.07) is 7.10. The first-order valence-electron chi connectivity index (χ1n) is 8.38. The number of hydrogen-bond donors (Lipinski definition) is 1. The standard InChI is InChI=1S/C18H20F2N2O4S/c1-3-21-16-9-17-18(8-15(16)20)26-13(11-25-2)10-22(17)27(23,24)14-6-4-12(19)5-7-14/h4-9,13,21H,3,10-11H2,1-2H3. The van der Waals surface area contributed by atoms with Gasteiger partial charge < -0.3 is 14.8 Å². The number of benzene rings is 2. The van der Waals surface area contributed by atoms with Gasteiger partial charge in [-0.25, -0.2) is 17.2 Å². The molecule has 0 spiro atoms. The molecule has 3 rings (SSSR count). The third kappa shape index (κ3) is 3.84. The van der Waals surface area contributed by atoms with Crippen LogP contribution in [0.1, 0.15) is 6.92 Å². The van der Waals surface area contributed by atoms with Crippen LogP contribution in [0.2, 0.25) is 0 Å². The van der Waals surface area contributed by atoms with E-state index in [0.717, 1.165) is 22.5 Å². The third-order valence-electron chi connectivity index (χ3n) is 4.10. The lowest BCUT2D eigenvalue weighted by molar-refractivity contribution is 0.0818. The molecule has 1 heterocycles. The molecule has 1 unspecified atom stereocenters. The lowest BCUT2D eigenvalue weighted by Crippen LogP contribution is -2.45. The van der Waals surface area contributed by atoms with Gasteiger partial charge in [0.15, 0.2) is 0 Å². The summed E-state index contributed by atoms with van der Waals surface area (Å²) in [5.74, 6) is -0.981. The lowest BCUT2D eigenvalue weighted by atomic mass is 10.2. The van der Waals surface area contributed by atoms with Crippen molar-refractivity contribution in [2.75, 3.05) is 36.4 Å². The highest BCUT2D eigenvalue weighted by Crippen LogP contribution is 2.40. The van der Waals surface area contributed by atoms with E-state index in [0.29, 0.717) is 6.54 Å². The molecular formula is C18H20F2N2O4S. The van der Waals surface area contributed by atoms with Crippen LogP contribution >= 0.6 is 0 Å². The number of fused-ring (bicyclic) bond motifs is 1. The minimum atomic E-state index is -4.01. The molecular weight excluding hydrogens is 378 g/mol. The maximum absolute atomic E-state index is 14.3. The summed E-state index contributed by atoms with van der Waals surface area (Å²) < 4.78 is 65.7. The van der Waals surface area contributed by atoms with Gasteiger partial charge in [0.05, 0.1) is 29.4 Å². The van der Waals surface area contributed by atoms with Crippen LogP contribution in [0.4, 0.5) is 20.2 Å². The van der Waals surface area contributed by atoms with Gasteiger partial charge in [-0.15, -0.1) is 0 Å². The van der Waals surface area contributed by atoms with Crippen molar-refractivity contribution in [1.82, 2.24) is 0 Å². The maximum atomic E-state index is 14.3. The summed E-state index contributed by atoms with van der Waals surface area (Å²) in [4.78, 5) is -0.0674. The van der Waals surface area contributed by atoms with Crippen LogP contribution < -0.4 is 14.4 Å². The first kappa shape index (κ1) is 19.4. The SMILES string of the molecule is CCNc1cc2c(cc1F)OC(COC)CN2S(=O)(=O)c1ccc(F)cc1. The molecule has 0 fully saturated rings. The highest BCUT2D eigenvalue weighted by Gasteiger charge is 2.35. The normalized spacial score (nSPS) is 16.6. The molecule has 2 aromatic rings. The predicted molar refractivity (Wildman–Crippen MR) is 97.8 cm³/mol. The van der Waals surface area contributed by atoms with Crippen LogP contribution in [0.3, 0.4) is 0 Å². The predicted octanol–water partition coefficient (Wildman–Crippen LogP) is 3.00. The second-order valence-electron chi connectivity index (χ2n) is 6.02. The van der Waals surface area contributed by atoms with Crippen molar-refractivity contribution < 1.29 is 26.7 Å². The fraction of sp³-hybridized carbons (Fsp3) is 0.333. The Labute approximate surface area is 156 Å². The van der Waals surface area contributed by atoms with Crippen molar-refractivity contribution >= 4 is 21.4 Å². The van der Waals surface area contributed by atoms with Crippen molar-refractivity contribution in [2.45, 2.75) is 17.9 Å². The molecule has 2 aromatic carbocycles. The summed E-state index contributed by atoms with van der Waals surface area (Å²) >= 11 is 0. The fourth-order valence-corrected chi connectivity index (χ4v) is 4.39. The molecule has 146 valence electrons. The van der Waals surface area contributed by atoms with Gasteiger partial charge in [-0.3, -0.25) is 4.31 Å². The number of hydrogen-bond acceptors (Lipinski definition) is 5. The lowest BCUT2D eigenvalue weighted by Gasteiger charge is -2.35. The molecule has 27 heavy (non-hydrogen) atoms. The molecule has 1 aliphatic heterocycles. The van der Waals surface area contributed by atoms with Crippen molar-refractivity contribution in [3.63, 3.8) is 0 Å². The van der Waals surface area contributed by atoms with Gasteiger partial charge in [0.2, 0.25) is 0 Å². The molecule has 6 nitrogen and oxygen atoms in total.